The molecule has 26 heavy (non-hydrogen) atoms. The Hall–Kier alpha value is -2.66. The summed E-state index contributed by atoms with van der Waals surface area (Å²) in [6.45, 7) is 4.43. The smallest absolute Gasteiger partial charge is 0.229 e. The van der Waals surface area contributed by atoms with E-state index in [0.29, 0.717) is 35.3 Å². The van der Waals surface area contributed by atoms with Crippen LogP contribution in [-0.2, 0) is 6.42 Å². The first-order valence-corrected chi connectivity index (χ1v) is 8.75. The molecule has 4 nitrogen and oxygen atoms in total. The molecule has 2 aromatic carbocycles. The van der Waals surface area contributed by atoms with Gasteiger partial charge in [0.05, 0.1) is 0 Å². The molecule has 0 saturated heterocycles. The first-order chi connectivity index (χ1) is 12.5. The molecular weight excluding hydrogens is 351 g/mol. The number of benzene rings is 2. The van der Waals surface area contributed by atoms with Gasteiger partial charge in [-0.05, 0) is 49.6 Å². The molecule has 0 saturated carbocycles. The number of nitrogens with zero attached hydrogens (tertiary/aromatic N) is 2. The lowest BCUT2D eigenvalue weighted by molar-refractivity contribution is 0.610. The average Bonchev–Trinajstić information content (AvgIpc) is 2.59. The van der Waals surface area contributed by atoms with Crippen molar-refractivity contribution in [2.24, 2.45) is 0 Å². The van der Waals surface area contributed by atoms with Crippen LogP contribution in [0, 0.1) is 19.7 Å². The molecule has 6 heteroatoms. The van der Waals surface area contributed by atoms with Crippen LogP contribution in [0.5, 0.6) is 0 Å². The quantitative estimate of drug-likeness (QED) is 0.619. The maximum absolute atomic E-state index is 13.7. The van der Waals surface area contributed by atoms with Crippen LogP contribution in [0.3, 0.4) is 0 Å². The van der Waals surface area contributed by atoms with Crippen LogP contribution in [0.15, 0.2) is 48.5 Å². The van der Waals surface area contributed by atoms with E-state index < -0.39 is 0 Å². The van der Waals surface area contributed by atoms with Gasteiger partial charge < -0.3 is 10.6 Å². The van der Waals surface area contributed by atoms with Crippen molar-refractivity contribution in [3.05, 3.63) is 76.2 Å². The molecule has 3 rings (SSSR count). The summed E-state index contributed by atoms with van der Waals surface area (Å²) in [7, 11) is 0. The predicted molar refractivity (Wildman–Crippen MR) is 105 cm³/mol. The second-order valence-corrected chi connectivity index (χ2v) is 6.48. The van der Waals surface area contributed by atoms with Crippen molar-refractivity contribution in [2.45, 2.75) is 20.3 Å². The molecule has 0 aliphatic heterocycles. The Kier molecular flexibility index (Phi) is 5.68. The monoisotopic (exact) mass is 370 g/mol. The number of rotatable bonds is 6. The number of hydrogen-bond acceptors (Lipinski definition) is 4. The molecule has 0 unspecified atom stereocenters. The summed E-state index contributed by atoms with van der Waals surface area (Å²) in [5.74, 6) is 0.986. The molecule has 134 valence electrons. The van der Waals surface area contributed by atoms with Gasteiger partial charge in [0, 0.05) is 29.0 Å². The summed E-state index contributed by atoms with van der Waals surface area (Å²) < 4.78 is 13.7. The van der Waals surface area contributed by atoms with Crippen molar-refractivity contribution in [2.75, 3.05) is 17.2 Å². The number of aryl methyl sites for hydroxylation is 2. The number of nitrogens with one attached hydrogen (secondary N) is 2. The minimum Gasteiger partial charge on any atom is -0.370 e. The van der Waals surface area contributed by atoms with Gasteiger partial charge in [-0.15, -0.1) is 0 Å². The number of anilines is 3. The van der Waals surface area contributed by atoms with Gasteiger partial charge in [0.15, 0.2) is 0 Å². The van der Waals surface area contributed by atoms with Gasteiger partial charge in [0.1, 0.15) is 11.6 Å². The normalized spacial score (nSPS) is 10.6. The van der Waals surface area contributed by atoms with Gasteiger partial charge in [-0.3, -0.25) is 0 Å². The minimum atomic E-state index is -0.188. The maximum Gasteiger partial charge on any atom is 0.229 e. The van der Waals surface area contributed by atoms with Gasteiger partial charge >= 0.3 is 0 Å². The Bertz CT molecular complexity index is 914. The predicted octanol–water partition coefficient (Wildman–Crippen LogP) is 5.28. The van der Waals surface area contributed by atoms with Crippen LogP contribution in [0.2, 0.25) is 5.02 Å². The van der Waals surface area contributed by atoms with Crippen LogP contribution in [0.4, 0.5) is 21.8 Å². The Morgan fingerprint density at radius 3 is 2.62 bits per heavy atom. The fraction of sp³-hybridized carbons (Fsp3) is 0.200. The first-order valence-electron chi connectivity index (χ1n) is 8.37. The number of aromatic nitrogens is 2. The molecule has 1 aromatic heterocycles. The van der Waals surface area contributed by atoms with Gasteiger partial charge in [-0.2, -0.15) is 4.98 Å². The van der Waals surface area contributed by atoms with Gasteiger partial charge in [0.2, 0.25) is 5.95 Å². The highest BCUT2D eigenvalue weighted by Crippen LogP contribution is 2.22. The summed E-state index contributed by atoms with van der Waals surface area (Å²) in [5, 5.41) is 7.07. The first kappa shape index (κ1) is 18.1. The average molecular weight is 371 g/mol. The molecule has 1 heterocycles. The summed E-state index contributed by atoms with van der Waals surface area (Å²) in [5.41, 5.74) is 3.34. The Labute approximate surface area is 157 Å². The van der Waals surface area contributed by atoms with Crippen LogP contribution in [-0.4, -0.2) is 16.5 Å². The third-order valence-electron chi connectivity index (χ3n) is 3.94. The van der Waals surface area contributed by atoms with Gasteiger partial charge in [-0.25, -0.2) is 9.37 Å². The fourth-order valence-electron chi connectivity index (χ4n) is 2.54. The Morgan fingerprint density at radius 2 is 1.85 bits per heavy atom. The molecule has 0 spiro atoms. The second-order valence-electron chi connectivity index (χ2n) is 6.08. The van der Waals surface area contributed by atoms with Crippen molar-refractivity contribution in [1.82, 2.24) is 9.97 Å². The standard InChI is InChI=1S/C20H20ClFN4/c1-13-7-8-16(12-17(13)21)25-20-24-14(2)11-19(26-20)23-10-9-15-5-3-4-6-18(15)22/h3-8,11-12H,9-10H2,1-2H3,(H2,23,24,25,26). The molecule has 0 aliphatic carbocycles. The maximum atomic E-state index is 13.7. The molecular formula is C20H20ClFN4. The molecule has 0 bridgehead atoms. The largest absolute Gasteiger partial charge is 0.370 e. The number of halogens is 2. The summed E-state index contributed by atoms with van der Waals surface area (Å²) in [6.07, 6.45) is 0.575. The van der Waals surface area contributed by atoms with E-state index in [9.17, 15) is 4.39 Å². The molecule has 0 aliphatic rings. The zero-order valence-electron chi connectivity index (χ0n) is 14.7. The Morgan fingerprint density at radius 1 is 1.04 bits per heavy atom. The van der Waals surface area contributed by atoms with E-state index >= 15 is 0 Å². The highest BCUT2D eigenvalue weighted by Gasteiger charge is 2.05. The van der Waals surface area contributed by atoms with Crippen LogP contribution in [0.25, 0.3) is 0 Å². The SMILES string of the molecule is Cc1cc(NCCc2ccccc2F)nc(Nc2ccc(C)c(Cl)c2)n1. The van der Waals surface area contributed by atoms with Crippen LogP contribution < -0.4 is 10.6 Å². The lowest BCUT2D eigenvalue weighted by atomic mass is 10.1. The lowest BCUT2D eigenvalue weighted by Crippen LogP contribution is -2.09. The highest BCUT2D eigenvalue weighted by atomic mass is 35.5. The Balaban J connectivity index is 1.67. The van der Waals surface area contributed by atoms with Gasteiger partial charge in [0.25, 0.3) is 0 Å². The van der Waals surface area contributed by atoms with E-state index in [4.69, 9.17) is 11.6 Å². The van der Waals surface area contributed by atoms with Crippen molar-refractivity contribution < 1.29 is 4.39 Å². The van der Waals surface area contributed by atoms with E-state index in [0.717, 1.165) is 16.9 Å². The van der Waals surface area contributed by atoms with E-state index in [-0.39, 0.29) is 5.82 Å². The minimum absolute atomic E-state index is 0.188. The molecule has 0 amide bonds. The van der Waals surface area contributed by atoms with Crippen LogP contribution in [0.1, 0.15) is 16.8 Å². The van der Waals surface area contributed by atoms with Crippen molar-refractivity contribution in [3.63, 3.8) is 0 Å². The van der Waals surface area contributed by atoms with E-state index in [1.54, 1.807) is 12.1 Å². The van der Waals surface area contributed by atoms with E-state index in [1.165, 1.54) is 6.07 Å². The fourth-order valence-corrected chi connectivity index (χ4v) is 2.72. The summed E-state index contributed by atoms with van der Waals surface area (Å²) >= 11 is 6.16. The van der Waals surface area contributed by atoms with E-state index in [1.807, 2.05) is 44.2 Å². The van der Waals surface area contributed by atoms with Crippen molar-refractivity contribution in [1.29, 1.82) is 0 Å². The molecule has 0 fully saturated rings. The van der Waals surface area contributed by atoms with E-state index in [2.05, 4.69) is 20.6 Å². The molecule has 2 N–H and O–H groups in total. The summed E-state index contributed by atoms with van der Waals surface area (Å²) in [6, 6.07) is 14.3. The third-order valence-corrected chi connectivity index (χ3v) is 4.35. The molecule has 0 atom stereocenters. The second kappa shape index (κ2) is 8.15. The number of hydrogen-bond donors (Lipinski definition) is 2. The summed E-state index contributed by atoms with van der Waals surface area (Å²) in [4.78, 5) is 8.86. The molecule has 3 aromatic rings. The highest BCUT2D eigenvalue weighted by molar-refractivity contribution is 6.31. The zero-order chi connectivity index (χ0) is 18.5. The third kappa shape index (κ3) is 4.70. The topological polar surface area (TPSA) is 49.8 Å². The molecule has 0 radical (unpaired) electrons. The van der Waals surface area contributed by atoms with Gasteiger partial charge in [-0.1, -0.05) is 35.9 Å². The van der Waals surface area contributed by atoms with Crippen LogP contribution >= 0.6 is 11.6 Å². The lowest BCUT2D eigenvalue weighted by Gasteiger charge is -2.11. The van der Waals surface area contributed by atoms with Crippen molar-refractivity contribution >= 4 is 29.1 Å². The zero-order valence-corrected chi connectivity index (χ0v) is 15.4. The van der Waals surface area contributed by atoms with Crippen molar-refractivity contribution in [3.8, 4) is 0 Å².